The average molecular weight is 573 g/mol. The van der Waals surface area contributed by atoms with Gasteiger partial charge in [-0.3, -0.25) is 13.6 Å². The van der Waals surface area contributed by atoms with Gasteiger partial charge in [-0.15, -0.1) is 0 Å². The number of phosphoric acid groups is 1. The zero-order chi connectivity index (χ0) is 28.8. The first kappa shape index (κ1) is 30.3. The fourth-order valence-corrected chi connectivity index (χ4v) is 5.68. The molecule has 0 aliphatic carbocycles. The lowest BCUT2D eigenvalue weighted by Crippen LogP contribution is -2.51. The number of unbranched alkanes of at least 4 members (excludes halogenated alkanes) is 2. The number of nitrogens with one attached hydrogen (secondary N) is 1. The van der Waals surface area contributed by atoms with E-state index in [0.717, 1.165) is 59.4 Å². The number of oxazole rings is 1. The van der Waals surface area contributed by atoms with Crippen molar-refractivity contribution in [3.63, 3.8) is 0 Å². The SMILES string of the molecule is CCCCCc1nc2cc(CCC(C)(COP3(=O)OCc4ccccc4CO3)NC(=O)OC(C)(C)C)ccc2o1. The van der Waals surface area contributed by atoms with E-state index < -0.39 is 25.1 Å². The van der Waals surface area contributed by atoms with Gasteiger partial charge in [-0.1, -0.05) is 50.1 Å². The predicted octanol–water partition coefficient (Wildman–Crippen LogP) is 7.65. The fourth-order valence-electron chi connectivity index (χ4n) is 4.42. The molecule has 0 fully saturated rings. The van der Waals surface area contributed by atoms with Crippen LogP contribution in [0.4, 0.5) is 4.79 Å². The second kappa shape index (κ2) is 12.9. The van der Waals surface area contributed by atoms with Gasteiger partial charge in [0.05, 0.1) is 25.4 Å². The van der Waals surface area contributed by atoms with Crippen molar-refractivity contribution in [1.29, 1.82) is 0 Å². The summed E-state index contributed by atoms with van der Waals surface area (Å²) in [7, 11) is -3.87. The number of fused-ring (bicyclic) bond motifs is 2. The summed E-state index contributed by atoms with van der Waals surface area (Å²) < 4.78 is 41.8. The van der Waals surface area contributed by atoms with Crippen LogP contribution in [-0.2, 0) is 48.9 Å². The maximum atomic E-state index is 13.4. The molecule has 0 saturated heterocycles. The molecule has 3 aromatic rings. The summed E-state index contributed by atoms with van der Waals surface area (Å²) in [6, 6.07) is 13.5. The highest BCUT2D eigenvalue weighted by molar-refractivity contribution is 7.48. The van der Waals surface area contributed by atoms with E-state index in [1.54, 1.807) is 20.8 Å². The number of hydrogen-bond donors (Lipinski definition) is 1. The number of aryl methyl sites for hydroxylation is 2. The number of phosphoric ester groups is 1. The average Bonchev–Trinajstić information content (AvgIpc) is 3.22. The van der Waals surface area contributed by atoms with Gasteiger partial charge in [-0.25, -0.2) is 14.3 Å². The summed E-state index contributed by atoms with van der Waals surface area (Å²) in [5, 5.41) is 2.93. The van der Waals surface area contributed by atoms with Crippen LogP contribution in [0.5, 0.6) is 0 Å². The van der Waals surface area contributed by atoms with E-state index in [-0.39, 0.29) is 19.8 Å². The number of ether oxygens (including phenoxy) is 1. The molecule has 0 radical (unpaired) electrons. The van der Waals surface area contributed by atoms with Crippen molar-refractivity contribution in [2.24, 2.45) is 0 Å². The van der Waals surface area contributed by atoms with Crippen molar-refractivity contribution in [2.45, 2.75) is 97.5 Å². The van der Waals surface area contributed by atoms with Crippen LogP contribution in [0.1, 0.15) is 82.9 Å². The van der Waals surface area contributed by atoms with Crippen LogP contribution < -0.4 is 5.32 Å². The molecule has 1 aliphatic heterocycles. The lowest BCUT2D eigenvalue weighted by molar-refractivity contribution is 0.0368. The van der Waals surface area contributed by atoms with Gasteiger partial charge < -0.3 is 14.5 Å². The molecular weight excluding hydrogens is 531 g/mol. The number of rotatable bonds is 11. The minimum atomic E-state index is -3.87. The Labute approximate surface area is 236 Å². The molecular formula is C30H41N2O7P. The Kier molecular flexibility index (Phi) is 9.72. The third-order valence-electron chi connectivity index (χ3n) is 6.67. The second-order valence-corrected chi connectivity index (χ2v) is 13.3. The van der Waals surface area contributed by atoms with Crippen LogP contribution in [0, 0.1) is 0 Å². The number of carbonyl (C=O) groups excluding carboxylic acids is 1. The van der Waals surface area contributed by atoms with E-state index >= 15 is 0 Å². The molecule has 40 heavy (non-hydrogen) atoms. The van der Waals surface area contributed by atoms with Crippen molar-refractivity contribution in [3.8, 4) is 0 Å². The molecule has 1 unspecified atom stereocenters. The molecule has 2 aromatic carbocycles. The van der Waals surface area contributed by atoms with Crippen LogP contribution in [0.2, 0.25) is 0 Å². The number of nitrogens with zero attached hydrogens (tertiary/aromatic N) is 1. The summed E-state index contributed by atoms with van der Waals surface area (Å²) in [5.74, 6) is 0.751. The minimum absolute atomic E-state index is 0.104. The number of amides is 1. The first-order chi connectivity index (χ1) is 19.0. The second-order valence-electron chi connectivity index (χ2n) is 11.6. The highest BCUT2D eigenvalue weighted by Crippen LogP contribution is 2.53. The third-order valence-corrected chi connectivity index (χ3v) is 8.01. The maximum Gasteiger partial charge on any atom is 0.475 e. The molecule has 0 spiro atoms. The van der Waals surface area contributed by atoms with Crippen LogP contribution in [0.25, 0.3) is 11.1 Å². The summed E-state index contributed by atoms with van der Waals surface area (Å²) in [6.07, 6.45) is 4.64. The summed E-state index contributed by atoms with van der Waals surface area (Å²) in [6.45, 7) is 9.52. The Morgan fingerprint density at radius 3 is 2.38 bits per heavy atom. The number of alkyl carbamates (subject to hydrolysis) is 1. The number of carbonyl (C=O) groups is 1. The van der Waals surface area contributed by atoms with Gasteiger partial charge in [-0.05, 0) is 75.8 Å². The van der Waals surface area contributed by atoms with Gasteiger partial charge in [0.1, 0.15) is 11.1 Å². The molecule has 2 heterocycles. The topological polar surface area (TPSA) is 109 Å². The highest BCUT2D eigenvalue weighted by Gasteiger charge is 2.36. The molecule has 4 rings (SSSR count). The third kappa shape index (κ3) is 8.64. The molecule has 10 heteroatoms. The number of benzene rings is 2. The molecule has 1 amide bonds. The van der Waals surface area contributed by atoms with Crippen molar-refractivity contribution in [2.75, 3.05) is 6.61 Å². The van der Waals surface area contributed by atoms with Crippen LogP contribution >= 0.6 is 7.82 Å². The highest BCUT2D eigenvalue weighted by atomic mass is 31.2. The Morgan fingerprint density at radius 1 is 1.02 bits per heavy atom. The van der Waals surface area contributed by atoms with E-state index in [0.29, 0.717) is 12.8 Å². The van der Waals surface area contributed by atoms with E-state index in [9.17, 15) is 9.36 Å². The van der Waals surface area contributed by atoms with Crippen molar-refractivity contribution < 1.29 is 32.1 Å². The van der Waals surface area contributed by atoms with Gasteiger partial charge >= 0.3 is 13.9 Å². The normalized spacial score (nSPS) is 16.6. The van der Waals surface area contributed by atoms with E-state index in [4.69, 9.17) is 22.7 Å². The fraction of sp³-hybridized carbons (Fsp3) is 0.533. The number of aromatic nitrogens is 1. The molecule has 0 bridgehead atoms. The van der Waals surface area contributed by atoms with E-state index in [1.807, 2.05) is 49.4 Å². The van der Waals surface area contributed by atoms with Crippen molar-refractivity contribution in [1.82, 2.24) is 10.3 Å². The van der Waals surface area contributed by atoms with Gasteiger partial charge in [0, 0.05) is 6.42 Å². The monoisotopic (exact) mass is 572 g/mol. The standard InChI is InChI=1S/C30H41N2O7P/c1-6-7-8-13-27-31-25-18-22(14-15-26(25)38-27)16-17-30(5,32-28(33)39-29(2,3)4)21-37-40(34)35-19-23-11-9-10-12-24(23)20-36-40/h9-12,14-15,18H,6-8,13,16-17,19-21H2,1-5H3,(H,32,33). The zero-order valence-electron chi connectivity index (χ0n) is 24.2. The molecule has 9 nitrogen and oxygen atoms in total. The lowest BCUT2D eigenvalue weighted by Gasteiger charge is -2.32. The lowest BCUT2D eigenvalue weighted by atomic mass is 9.94. The molecule has 1 atom stereocenters. The molecule has 1 aliphatic rings. The largest absolute Gasteiger partial charge is 0.475 e. The Morgan fingerprint density at radius 2 is 1.73 bits per heavy atom. The number of hydrogen-bond acceptors (Lipinski definition) is 8. The van der Waals surface area contributed by atoms with Gasteiger partial charge in [0.2, 0.25) is 0 Å². The first-order valence-corrected chi connectivity index (χ1v) is 15.4. The van der Waals surface area contributed by atoms with Crippen LogP contribution in [0.3, 0.4) is 0 Å². The molecule has 1 N–H and O–H groups in total. The summed E-state index contributed by atoms with van der Waals surface area (Å²) in [5.41, 5.74) is 2.79. The van der Waals surface area contributed by atoms with E-state index in [2.05, 4.69) is 17.2 Å². The zero-order valence-corrected chi connectivity index (χ0v) is 25.1. The van der Waals surface area contributed by atoms with E-state index in [1.165, 1.54) is 0 Å². The Balaban J connectivity index is 1.44. The summed E-state index contributed by atoms with van der Waals surface area (Å²) in [4.78, 5) is 17.4. The minimum Gasteiger partial charge on any atom is -0.444 e. The summed E-state index contributed by atoms with van der Waals surface area (Å²) >= 11 is 0. The van der Waals surface area contributed by atoms with Gasteiger partial charge in [-0.2, -0.15) is 0 Å². The Hall–Kier alpha value is -2.71. The predicted molar refractivity (Wildman–Crippen MR) is 153 cm³/mol. The van der Waals surface area contributed by atoms with Crippen molar-refractivity contribution >= 4 is 25.0 Å². The molecule has 1 aromatic heterocycles. The molecule has 218 valence electrons. The van der Waals surface area contributed by atoms with Gasteiger partial charge in [0.15, 0.2) is 11.5 Å². The Bertz CT molecular complexity index is 1320. The maximum absolute atomic E-state index is 13.4. The van der Waals surface area contributed by atoms with Crippen LogP contribution in [-0.4, -0.2) is 28.8 Å². The first-order valence-electron chi connectivity index (χ1n) is 14.0. The quantitative estimate of drug-likeness (QED) is 0.184. The molecule has 0 saturated carbocycles. The van der Waals surface area contributed by atoms with Gasteiger partial charge in [0.25, 0.3) is 0 Å². The van der Waals surface area contributed by atoms with Crippen molar-refractivity contribution in [3.05, 3.63) is 65.0 Å². The smallest absolute Gasteiger partial charge is 0.444 e. The van der Waals surface area contributed by atoms with Crippen LogP contribution in [0.15, 0.2) is 46.9 Å².